The third-order valence-electron chi connectivity index (χ3n) is 2.34. The van der Waals surface area contributed by atoms with E-state index < -0.39 is 6.10 Å². The summed E-state index contributed by atoms with van der Waals surface area (Å²) in [5.74, 6) is -0.506. The normalized spacial score (nSPS) is 12.6. The molecule has 3 N–H and O–H groups in total. The lowest BCUT2D eigenvalue weighted by molar-refractivity contribution is -0.116. The summed E-state index contributed by atoms with van der Waals surface area (Å²) in [7, 11) is 0. The van der Waals surface area contributed by atoms with Crippen molar-refractivity contribution >= 4 is 12.0 Å². The molecule has 19 heavy (non-hydrogen) atoms. The van der Waals surface area contributed by atoms with Gasteiger partial charge in [0.15, 0.2) is 0 Å². The molecular formula is C14H19FN2O2. The number of rotatable bonds is 7. The Hall–Kier alpha value is -1.72. The van der Waals surface area contributed by atoms with Crippen LogP contribution in [-0.2, 0) is 4.79 Å². The minimum Gasteiger partial charge on any atom is -0.392 e. The lowest BCUT2D eigenvalue weighted by atomic mass is 10.2. The van der Waals surface area contributed by atoms with Gasteiger partial charge in [0.05, 0.1) is 6.10 Å². The van der Waals surface area contributed by atoms with Crippen molar-refractivity contribution in [2.24, 2.45) is 0 Å². The lowest BCUT2D eigenvalue weighted by Gasteiger charge is -2.06. The molecule has 4 nitrogen and oxygen atoms in total. The van der Waals surface area contributed by atoms with Gasteiger partial charge < -0.3 is 15.7 Å². The maximum atomic E-state index is 12.7. The molecule has 1 amide bonds. The quantitative estimate of drug-likeness (QED) is 0.508. The number of hydrogen-bond acceptors (Lipinski definition) is 3. The highest BCUT2D eigenvalue weighted by atomic mass is 19.1. The van der Waals surface area contributed by atoms with Crippen LogP contribution in [0, 0.1) is 5.82 Å². The first-order chi connectivity index (χ1) is 9.08. The average Bonchev–Trinajstić information content (AvgIpc) is 2.37. The van der Waals surface area contributed by atoms with E-state index >= 15 is 0 Å². The van der Waals surface area contributed by atoms with Crippen LogP contribution in [0.1, 0.15) is 12.5 Å². The van der Waals surface area contributed by atoms with Crippen LogP contribution < -0.4 is 10.6 Å². The number of benzene rings is 1. The van der Waals surface area contributed by atoms with Gasteiger partial charge in [-0.25, -0.2) is 4.39 Å². The number of carbonyl (C=O) groups is 1. The molecule has 0 aliphatic carbocycles. The molecule has 1 unspecified atom stereocenters. The molecule has 0 spiro atoms. The molecule has 0 aromatic heterocycles. The van der Waals surface area contributed by atoms with Gasteiger partial charge in [0.25, 0.3) is 0 Å². The first-order valence-electron chi connectivity index (χ1n) is 6.18. The number of amides is 1. The predicted octanol–water partition coefficient (Wildman–Crippen LogP) is 0.925. The van der Waals surface area contributed by atoms with E-state index in [2.05, 4.69) is 10.6 Å². The summed E-state index contributed by atoms with van der Waals surface area (Å²) in [6.07, 6.45) is 2.63. The second-order valence-electron chi connectivity index (χ2n) is 4.23. The van der Waals surface area contributed by atoms with Crippen molar-refractivity contribution in [2.45, 2.75) is 13.0 Å². The SMILES string of the molecule is CC(O)CNCCNC(=O)/C=C/c1ccc(F)cc1. The Kier molecular flexibility index (Phi) is 6.78. The molecule has 0 saturated heterocycles. The van der Waals surface area contributed by atoms with Crippen LogP contribution in [0.5, 0.6) is 0 Å². The Balaban J connectivity index is 2.22. The summed E-state index contributed by atoms with van der Waals surface area (Å²) < 4.78 is 12.7. The van der Waals surface area contributed by atoms with Crippen molar-refractivity contribution in [3.05, 3.63) is 41.7 Å². The van der Waals surface area contributed by atoms with Crippen molar-refractivity contribution in [1.29, 1.82) is 0 Å². The van der Waals surface area contributed by atoms with E-state index in [0.717, 1.165) is 5.56 Å². The van der Waals surface area contributed by atoms with Crippen LogP contribution in [0.15, 0.2) is 30.3 Å². The molecule has 0 aliphatic rings. The first kappa shape index (κ1) is 15.3. The smallest absolute Gasteiger partial charge is 0.244 e. The molecule has 0 heterocycles. The van der Waals surface area contributed by atoms with Gasteiger partial charge in [0, 0.05) is 25.7 Å². The van der Waals surface area contributed by atoms with Gasteiger partial charge in [-0.3, -0.25) is 4.79 Å². The summed E-state index contributed by atoms with van der Waals surface area (Å²) in [4.78, 5) is 11.4. The zero-order chi connectivity index (χ0) is 14.1. The van der Waals surface area contributed by atoms with Crippen molar-refractivity contribution in [1.82, 2.24) is 10.6 Å². The maximum absolute atomic E-state index is 12.7. The topological polar surface area (TPSA) is 61.4 Å². The number of aliphatic hydroxyl groups is 1. The highest BCUT2D eigenvalue weighted by Gasteiger charge is 1.96. The number of halogens is 1. The fraction of sp³-hybridized carbons (Fsp3) is 0.357. The van der Waals surface area contributed by atoms with Crippen molar-refractivity contribution in [3.63, 3.8) is 0 Å². The Morgan fingerprint density at radius 1 is 1.37 bits per heavy atom. The monoisotopic (exact) mass is 266 g/mol. The minimum atomic E-state index is -0.394. The summed E-state index contributed by atoms with van der Waals surface area (Å²) in [6, 6.07) is 5.89. The first-order valence-corrected chi connectivity index (χ1v) is 6.18. The van der Waals surface area contributed by atoms with E-state index in [1.165, 1.54) is 18.2 Å². The molecular weight excluding hydrogens is 247 g/mol. The number of nitrogens with one attached hydrogen (secondary N) is 2. The fourth-order valence-corrected chi connectivity index (χ4v) is 1.39. The van der Waals surface area contributed by atoms with Crippen LogP contribution in [0.2, 0.25) is 0 Å². The van der Waals surface area contributed by atoms with Crippen molar-refractivity contribution in [3.8, 4) is 0 Å². The fourth-order valence-electron chi connectivity index (χ4n) is 1.39. The van der Waals surface area contributed by atoms with E-state index in [9.17, 15) is 9.18 Å². The molecule has 0 bridgehead atoms. The molecule has 0 aliphatic heterocycles. The number of hydrogen-bond donors (Lipinski definition) is 3. The third kappa shape index (κ3) is 7.33. The second kappa shape index (κ2) is 8.39. The Labute approximate surface area is 112 Å². The Bertz CT molecular complexity index is 416. The van der Waals surface area contributed by atoms with Gasteiger partial charge in [0.1, 0.15) is 5.82 Å². The highest BCUT2D eigenvalue weighted by Crippen LogP contribution is 2.04. The van der Waals surface area contributed by atoms with E-state index in [1.54, 1.807) is 25.1 Å². The standard InChI is InChI=1S/C14H19FN2O2/c1-11(18)10-16-8-9-17-14(19)7-4-12-2-5-13(15)6-3-12/h2-7,11,16,18H,8-10H2,1H3,(H,17,19)/b7-4+. The molecule has 104 valence electrons. The Morgan fingerprint density at radius 3 is 2.68 bits per heavy atom. The lowest BCUT2D eigenvalue weighted by Crippen LogP contribution is -2.33. The molecule has 0 radical (unpaired) electrons. The molecule has 1 atom stereocenters. The molecule has 5 heteroatoms. The second-order valence-corrected chi connectivity index (χ2v) is 4.23. The molecule has 1 aromatic rings. The van der Waals surface area contributed by atoms with E-state index in [0.29, 0.717) is 19.6 Å². The van der Waals surface area contributed by atoms with Gasteiger partial charge in [-0.1, -0.05) is 12.1 Å². The summed E-state index contributed by atoms with van der Waals surface area (Å²) in [5, 5.41) is 14.7. The maximum Gasteiger partial charge on any atom is 0.244 e. The van der Waals surface area contributed by atoms with Gasteiger partial charge in [-0.15, -0.1) is 0 Å². The summed E-state index contributed by atoms with van der Waals surface area (Å²) >= 11 is 0. The van der Waals surface area contributed by atoms with Crippen LogP contribution in [-0.4, -0.2) is 36.8 Å². The molecule has 0 fully saturated rings. The van der Waals surface area contributed by atoms with Crippen LogP contribution >= 0.6 is 0 Å². The van der Waals surface area contributed by atoms with E-state index in [1.807, 2.05) is 0 Å². The summed E-state index contributed by atoms with van der Waals surface area (Å²) in [6.45, 7) is 3.28. The Morgan fingerprint density at radius 2 is 2.05 bits per heavy atom. The minimum absolute atomic E-state index is 0.205. The molecule has 1 rings (SSSR count). The largest absolute Gasteiger partial charge is 0.392 e. The van der Waals surface area contributed by atoms with Crippen molar-refractivity contribution < 1.29 is 14.3 Å². The van der Waals surface area contributed by atoms with Crippen LogP contribution in [0.4, 0.5) is 4.39 Å². The zero-order valence-electron chi connectivity index (χ0n) is 10.9. The number of carbonyl (C=O) groups excluding carboxylic acids is 1. The molecule has 0 saturated carbocycles. The van der Waals surface area contributed by atoms with Crippen molar-refractivity contribution in [2.75, 3.05) is 19.6 Å². The average molecular weight is 266 g/mol. The van der Waals surface area contributed by atoms with Crippen LogP contribution in [0.3, 0.4) is 0 Å². The zero-order valence-corrected chi connectivity index (χ0v) is 10.9. The van der Waals surface area contributed by atoms with Gasteiger partial charge in [-0.05, 0) is 30.7 Å². The summed E-state index contributed by atoms with van der Waals surface area (Å²) in [5.41, 5.74) is 0.767. The highest BCUT2D eigenvalue weighted by molar-refractivity contribution is 5.91. The molecule has 1 aromatic carbocycles. The number of aliphatic hydroxyl groups excluding tert-OH is 1. The van der Waals surface area contributed by atoms with E-state index in [-0.39, 0.29) is 11.7 Å². The van der Waals surface area contributed by atoms with Crippen LogP contribution in [0.25, 0.3) is 6.08 Å². The van der Waals surface area contributed by atoms with Gasteiger partial charge in [0.2, 0.25) is 5.91 Å². The van der Waals surface area contributed by atoms with E-state index in [4.69, 9.17) is 5.11 Å². The predicted molar refractivity (Wildman–Crippen MR) is 73.0 cm³/mol. The third-order valence-corrected chi connectivity index (χ3v) is 2.34. The van der Waals surface area contributed by atoms with Gasteiger partial charge >= 0.3 is 0 Å². The van der Waals surface area contributed by atoms with Gasteiger partial charge in [-0.2, -0.15) is 0 Å².